The number of hydrogen-bond donors (Lipinski definition) is 2. The maximum atomic E-state index is 14.3. The number of hydroxylamine groups is 1. The van der Waals surface area contributed by atoms with Gasteiger partial charge >= 0.3 is 0 Å². The minimum atomic E-state index is -3.71. The molecule has 8 aromatic rings. The van der Waals surface area contributed by atoms with Crippen LogP contribution in [0.2, 0.25) is 18.1 Å². The summed E-state index contributed by atoms with van der Waals surface area (Å²) < 4.78 is 66.4. The highest BCUT2D eigenvalue weighted by Crippen LogP contribution is 2.55. The first-order valence-corrected chi connectivity index (χ1v) is 39.3. The SMILES string of the molecule is CN(C)[C@H]1c2onc(OCc3ccccc3)c2C(=O)[C@@]2(O)C(=O)C=CC[C@@H]12.CN(C)[C@H]1c2onc(OCc3ccccc3)c2C(=O)[C@@]2(O[Si](C)(C)C(C)(C)C)C(=O)C=CC[C@@H]12.CN(C)[C@H]1c2onc(OCc3ccccc3)c2C(O)=C2C(=O)C=CC[C@H]21.O=[N+]([O-])c1ccc(C2ON2S(=O)(=O)c2ccccc2)cc1. The zero-order valence-corrected chi connectivity index (χ0v) is 63.2. The van der Waals surface area contributed by atoms with Crippen LogP contribution in [0, 0.1) is 27.9 Å². The number of Topliss-reactive ketones (excluding diaryl/α,β-unsaturated/α-hetero) is 2. The Bertz CT molecular complexity index is 4940. The average molecular weight is 1510 g/mol. The van der Waals surface area contributed by atoms with Gasteiger partial charge in [0, 0.05) is 41.0 Å². The number of nitro groups is 1. The molecule has 15 rings (SSSR count). The topological polar surface area (TPSA) is 343 Å². The lowest BCUT2D eigenvalue weighted by Crippen LogP contribution is -2.65. The number of fused-ring (bicyclic) bond motifs is 6. The van der Waals surface area contributed by atoms with Crippen LogP contribution < -0.4 is 14.2 Å². The summed E-state index contributed by atoms with van der Waals surface area (Å²) in [6.45, 7) is 11.2. The molecule has 0 saturated carbocycles. The van der Waals surface area contributed by atoms with Gasteiger partial charge in [0.1, 0.15) is 42.3 Å². The molecule has 0 radical (unpaired) electrons. The first-order chi connectivity index (χ1) is 51.4. The maximum absolute atomic E-state index is 14.3. The molecule has 564 valence electrons. The van der Waals surface area contributed by atoms with Gasteiger partial charge in [-0.2, -0.15) is 0 Å². The summed E-state index contributed by atoms with van der Waals surface area (Å²) >= 11 is 0. The van der Waals surface area contributed by atoms with Crippen LogP contribution in [0.4, 0.5) is 5.69 Å². The third-order valence-electron chi connectivity index (χ3n) is 20.6. The lowest BCUT2D eigenvalue weighted by molar-refractivity contribution is -0.384. The van der Waals surface area contributed by atoms with E-state index < -0.39 is 75.9 Å². The molecule has 0 bridgehead atoms. The quantitative estimate of drug-likeness (QED) is 0.0265. The van der Waals surface area contributed by atoms with E-state index in [1.165, 1.54) is 54.6 Å². The van der Waals surface area contributed by atoms with Crippen molar-refractivity contribution in [3.8, 4) is 17.6 Å². The van der Waals surface area contributed by atoms with E-state index in [1.807, 2.05) is 146 Å². The van der Waals surface area contributed by atoms with E-state index in [9.17, 15) is 52.7 Å². The standard InChI is InChI=1S/C26H34N2O5Si.C20H20N2O5.C20H20N2O4.C13H10N2O5S/c1-25(2,3)34(6,7)33-26-18(14-11-15-19(26)29)21(28(4)5)22-20(23(26)30)24(27-32-22)31-16-17-12-9-8-10-13-17;1-22(2)16-13-9-6-10-14(23)20(13,25)18(24)15-17(16)27-21-19(15)26-11-12-7-4-3-5-8-12;1-22(2)17-13-9-6-10-14(23)15(13)18(24)16-19(17)26-21-20(16)25-11-12-7-4-3-5-8-12;16-14(17)11-8-6-10(7-9-11)13-15(20-13)21(18,19)12-4-2-1-3-5-12/h8-13,15,18,21H,14,16H2,1-7H3;3-8,10,13,16,25H,9,11H2,1-2H3;3-8,10,13,17,24H,9,11H2,1-2H3;1-9,13H/t18-,21+,26-;13-,16+,20-;13-,17-;/m001./s1. The van der Waals surface area contributed by atoms with Gasteiger partial charge in [-0.25, -0.2) is 8.42 Å². The molecule has 27 nitrogen and oxygen atoms in total. The summed E-state index contributed by atoms with van der Waals surface area (Å²) in [7, 11) is 5.04. The number of sulfonamides is 1. The first-order valence-electron chi connectivity index (χ1n) is 35.0. The number of benzene rings is 5. The molecule has 10 atom stereocenters. The van der Waals surface area contributed by atoms with E-state index >= 15 is 0 Å². The van der Waals surface area contributed by atoms with E-state index in [0.29, 0.717) is 59.9 Å². The number of carbonyl (C=O) groups excluding carboxylic acids is 5. The van der Waals surface area contributed by atoms with Crippen molar-refractivity contribution < 1.29 is 84.6 Å². The lowest BCUT2D eigenvalue weighted by atomic mass is 9.65. The second-order valence-corrected chi connectivity index (χ2v) is 35.7. The predicted molar refractivity (Wildman–Crippen MR) is 394 cm³/mol. The highest BCUT2D eigenvalue weighted by atomic mass is 32.2. The number of aliphatic hydroxyl groups is 2. The number of carbonyl (C=O) groups is 5. The van der Waals surface area contributed by atoms with Crippen LogP contribution >= 0.6 is 0 Å². The van der Waals surface area contributed by atoms with Crippen LogP contribution in [0.25, 0.3) is 5.76 Å². The molecule has 7 aliphatic rings. The van der Waals surface area contributed by atoms with Crippen molar-refractivity contribution >= 4 is 58.7 Å². The molecule has 108 heavy (non-hydrogen) atoms. The summed E-state index contributed by atoms with van der Waals surface area (Å²) in [6.07, 6.45) is 10.5. The molecule has 5 aromatic carbocycles. The van der Waals surface area contributed by atoms with E-state index in [-0.39, 0.29) is 92.9 Å². The minimum absolute atomic E-state index is 0.0000638. The Balaban J connectivity index is 0.000000136. The molecule has 2 unspecified atom stereocenters. The van der Waals surface area contributed by atoms with Crippen molar-refractivity contribution in [1.82, 2.24) is 34.6 Å². The van der Waals surface area contributed by atoms with E-state index in [4.69, 9.17) is 37.0 Å². The van der Waals surface area contributed by atoms with Gasteiger partial charge in [-0.1, -0.05) is 148 Å². The van der Waals surface area contributed by atoms with Crippen molar-refractivity contribution in [2.24, 2.45) is 17.8 Å². The van der Waals surface area contributed by atoms with Crippen LogP contribution in [0.5, 0.6) is 17.6 Å². The Labute approximate surface area is 624 Å². The van der Waals surface area contributed by atoms with Crippen molar-refractivity contribution in [3.05, 3.63) is 254 Å². The number of nitro benzene ring substituents is 1. The fraction of sp³-hybridized carbons (Fsp3) is 0.342. The normalized spacial score (nSPS) is 23.8. The average Bonchev–Trinajstić information content (AvgIpc) is 1.22. The van der Waals surface area contributed by atoms with Gasteiger partial charge in [-0.05, 0) is 159 Å². The number of aliphatic hydroxyl groups excluding tert-OH is 1. The van der Waals surface area contributed by atoms with Gasteiger partial charge in [0.25, 0.3) is 33.4 Å². The lowest BCUT2D eigenvalue weighted by Gasteiger charge is -2.51. The number of aromatic nitrogens is 3. The predicted octanol–water partition coefficient (Wildman–Crippen LogP) is 12.4. The fourth-order valence-corrected chi connectivity index (χ4v) is 16.9. The number of nitrogens with zero attached hydrogens (tertiary/aromatic N) is 8. The molecule has 6 aliphatic carbocycles. The molecule has 3 aromatic heterocycles. The number of rotatable bonds is 18. The summed E-state index contributed by atoms with van der Waals surface area (Å²) in [6, 6.07) is 41.2. The van der Waals surface area contributed by atoms with Crippen LogP contribution in [0.3, 0.4) is 0 Å². The van der Waals surface area contributed by atoms with Gasteiger partial charge < -0.3 is 42.4 Å². The molecule has 1 aliphatic heterocycles. The third kappa shape index (κ3) is 14.8. The van der Waals surface area contributed by atoms with Crippen LogP contribution in [0.1, 0.15) is 130 Å². The highest BCUT2D eigenvalue weighted by Gasteiger charge is 2.66. The molecular weight excluding hydrogens is 1430 g/mol. The molecule has 0 spiro atoms. The molecule has 1 fully saturated rings. The minimum Gasteiger partial charge on any atom is -0.507 e. The van der Waals surface area contributed by atoms with Gasteiger partial charge in [-0.3, -0.25) is 53.6 Å². The number of ketones is 5. The Morgan fingerprint density at radius 2 is 1.01 bits per heavy atom. The summed E-state index contributed by atoms with van der Waals surface area (Å²) in [5.41, 5.74) is 0.593. The number of hydrogen-bond acceptors (Lipinski definition) is 25. The summed E-state index contributed by atoms with van der Waals surface area (Å²) in [5.74, 6) is -1.92. The molecule has 4 heterocycles. The Hall–Kier alpha value is -10.5. The van der Waals surface area contributed by atoms with E-state index in [2.05, 4.69) is 49.3 Å². The van der Waals surface area contributed by atoms with Gasteiger partial charge in [0.15, 0.2) is 60.4 Å². The molecule has 2 N–H and O–H groups in total. The summed E-state index contributed by atoms with van der Waals surface area (Å²) in [5, 5.41) is 44.4. The first kappa shape index (κ1) is 77.2. The Kier molecular flexibility index (Phi) is 22.2. The van der Waals surface area contributed by atoms with Crippen molar-refractivity contribution in [2.45, 2.75) is 118 Å². The van der Waals surface area contributed by atoms with Gasteiger partial charge in [0.05, 0.1) is 27.9 Å². The Morgan fingerprint density at radius 3 is 1.48 bits per heavy atom. The molecule has 1 saturated heterocycles. The van der Waals surface area contributed by atoms with Gasteiger partial charge in [0.2, 0.25) is 11.6 Å². The number of ether oxygens (including phenoxy) is 3. The highest BCUT2D eigenvalue weighted by molar-refractivity contribution is 7.89. The van der Waals surface area contributed by atoms with Crippen molar-refractivity contribution in [1.29, 1.82) is 0 Å². The zero-order valence-electron chi connectivity index (χ0n) is 61.4. The maximum Gasteiger partial charge on any atom is 0.269 e. The zero-order chi connectivity index (χ0) is 77.4. The second kappa shape index (κ2) is 31.0. The largest absolute Gasteiger partial charge is 0.507 e. The van der Waals surface area contributed by atoms with Crippen LogP contribution in [-0.2, 0) is 53.5 Å². The number of non-ortho nitro benzene ring substituents is 1. The summed E-state index contributed by atoms with van der Waals surface area (Å²) in [4.78, 5) is 87.0. The van der Waals surface area contributed by atoms with E-state index in [0.717, 1.165) is 21.2 Å². The van der Waals surface area contributed by atoms with Crippen LogP contribution in [-0.4, -0.2) is 149 Å². The molecule has 0 amide bonds. The molecular formula is C79H84N8O19SSi. The van der Waals surface area contributed by atoms with Crippen LogP contribution in [0.15, 0.2) is 206 Å². The van der Waals surface area contributed by atoms with Crippen molar-refractivity contribution in [2.75, 3.05) is 42.3 Å². The van der Waals surface area contributed by atoms with E-state index in [1.54, 1.807) is 38.4 Å². The second-order valence-electron chi connectivity index (χ2n) is 29.2. The van der Waals surface area contributed by atoms with Gasteiger partial charge in [-0.15, -0.1) is 0 Å². The third-order valence-corrected chi connectivity index (χ3v) is 26.7. The number of allylic oxidation sites excluding steroid dienone is 4. The molecule has 29 heteroatoms. The fourth-order valence-electron chi connectivity index (χ4n) is 14.2. The monoisotopic (exact) mass is 1510 g/mol. The van der Waals surface area contributed by atoms with Crippen molar-refractivity contribution in [3.63, 3.8) is 0 Å². The Morgan fingerprint density at radius 1 is 0.583 bits per heavy atom. The smallest absolute Gasteiger partial charge is 0.269 e.